The molecule has 33 heavy (non-hydrogen) atoms. The summed E-state index contributed by atoms with van der Waals surface area (Å²) in [5.74, 6) is -0.492. The van der Waals surface area contributed by atoms with Crippen LogP contribution in [0.25, 0.3) is 16.7 Å². The van der Waals surface area contributed by atoms with Gasteiger partial charge in [-0.3, -0.25) is 9.59 Å². The zero-order valence-electron chi connectivity index (χ0n) is 18.9. The third kappa shape index (κ3) is 4.18. The molecule has 0 N–H and O–H groups in total. The van der Waals surface area contributed by atoms with E-state index in [9.17, 15) is 19.2 Å². The van der Waals surface area contributed by atoms with Gasteiger partial charge in [-0.1, -0.05) is 25.1 Å². The molecule has 0 saturated carbocycles. The van der Waals surface area contributed by atoms with Crippen LogP contribution in [0.3, 0.4) is 0 Å². The van der Waals surface area contributed by atoms with Crippen LogP contribution in [-0.4, -0.2) is 51.1 Å². The SMILES string of the molecule is COC(=O)c1cc(C)nc2c1c(=O)n(CC(=O)N1CCC(C)CC1)c(=O)n2-c1ccccc1. The molecule has 0 atom stereocenters. The van der Waals surface area contributed by atoms with Crippen molar-refractivity contribution in [3.8, 4) is 5.69 Å². The number of fused-ring (bicyclic) bond motifs is 1. The van der Waals surface area contributed by atoms with Crippen molar-refractivity contribution in [3.05, 3.63) is 68.5 Å². The van der Waals surface area contributed by atoms with Crippen LogP contribution >= 0.6 is 0 Å². The topological polar surface area (TPSA) is 104 Å². The largest absolute Gasteiger partial charge is 0.465 e. The molecule has 172 valence electrons. The molecule has 1 amide bonds. The number of pyridine rings is 1. The van der Waals surface area contributed by atoms with Gasteiger partial charge in [-0.15, -0.1) is 0 Å². The van der Waals surface area contributed by atoms with Gasteiger partial charge in [-0.05, 0) is 43.9 Å². The molecule has 4 rings (SSSR count). The molecule has 1 aromatic carbocycles. The van der Waals surface area contributed by atoms with Gasteiger partial charge in [0.15, 0.2) is 5.65 Å². The van der Waals surface area contributed by atoms with Crippen LogP contribution in [0.4, 0.5) is 0 Å². The summed E-state index contributed by atoms with van der Waals surface area (Å²) in [7, 11) is 1.22. The van der Waals surface area contributed by atoms with E-state index in [1.165, 1.54) is 17.7 Å². The van der Waals surface area contributed by atoms with Crippen LogP contribution < -0.4 is 11.2 Å². The minimum absolute atomic E-state index is 0.00248. The summed E-state index contributed by atoms with van der Waals surface area (Å²) in [6, 6.07) is 10.1. The van der Waals surface area contributed by atoms with Crippen molar-refractivity contribution in [2.45, 2.75) is 33.2 Å². The van der Waals surface area contributed by atoms with E-state index < -0.39 is 23.8 Å². The van der Waals surface area contributed by atoms with E-state index in [2.05, 4.69) is 11.9 Å². The lowest BCUT2D eigenvalue weighted by Crippen LogP contribution is -2.46. The quantitative estimate of drug-likeness (QED) is 0.563. The van der Waals surface area contributed by atoms with Crippen LogP contribution in [0.1, 0.15) is 35.8 Å². The van der Waals surface area contributed by atoms with Gasteiger partial charge in [0.1, 0.15) is 6.54 Å². The number of aromatic nitrogens is 3. The molecule has 9 heteroatoms. The smallest absolute Gasteiger partial charge is 0.338 e. The molecule has 1 saturated heterocycles. The predicted molar refractivity (Wildman–Crippen MR) is 123 cm³/mol. The van der Waals surface area contributed by atoms with Gasteiger partial charge in [-0.2, -0.15) is 0 Å². The van der Waals surface area contributed by atoms with E-state index in [1.807, 2.05) is 0 Å². The molecule has 3 aromatic rings. The van der Waals surface area contributed by atoms with Gasteiger partial charge in [0, 0.05) is 18.8 Å². The van der Waals surface area contributed by atoms with Crippen LogP contribution in [0.15, 0.2) is 46.0 Å². The Bertz CT molecular complexity index is 1330. The number of rotatable bonds is 4. The molecule has 0 bridgehead atoms. The minimum atomic E-state index is -0.742. The molecular formula is C24H26N4O5. The number of likely N-dealkylation sites (tertiary alicyclic amines) is 1. The summed E-state index contributed by atoms with van der Waals surface area (Å²) >= 11 is 0. The molecule has 0 unspecified atom stereocenters. The highest BCUT2D eigenvalue weighted by molar-refractivity contribution is 6.02. The lowest BCUT2D eigenvalue weighted by Gasteiger charge is -2.30. The molecule has 1 aliphatic rings. The highest BCUT2D eigenvalue weighted by Gasteiger charge is 2.26. The van der Waals surface area contributed by atoms with Crippen molar-refractivity contribution in [2.75, 3.05) is 20.2 Å². The Balaban J connectivity index is 1.96. The molecule has 0 aliphatic carbocycles. The number of hydrogen-bond donors (Lipinski definition) is 0. The van der Waals surface area contributed by atoms with Crippen molar-refractivity contribution < 1.29 is 14.3 Å². The number of benzene rings is 1. The summed E-state index contributed by atoms with van der Waals surface area (Å²) in [5.41, 5.74) is -0.466. The number of ether oxygens (including phenoxy) is 1. The highest BCUT2D eigenvalue weighted by atomic mass is 16.5. The first kappa shape index (κ1) is 22.4. The van der Waals surface area contributed by atoms with Crippen LogP contribution in [0.5, 0.6) is 0 Å². The van der Waals surface area contributed by atoms with Gasteiger partial charge in [-0.25, -0.2) is 23.7 Å². The number of amides is 1. The summed E-state index contributed by atoms with van der Waals surface area (Å²) in [6.45, 7) is 4.56. The van der Waals surface area contributed by atoms with Gasteiger partial charge >= 0.3 is 11.7 Å². The van der Waals surface area contributed by atoms with Gasteiger partial charge in [0.05, 0.1) is 23.7 Å². The van der Waals surface area contributed by atoms with Crippen molar-refractivity contribution >= 4 is 22.9 Å². The number of carbonyl (C=O) groups excluding carboxylic acids is 2. The van der Waals surface area contributed by atoms with E-state index in [-0.39, 0.29) is 22.5 Å². The lowest BCUT2D eigenvalue weighted by molar-refractivity contribution is -0.133. The summed E-state index contributed by atoms with van der Waals surface area (Å²) in [6.07, 6.45) is 1.75. The molecule has 3 heterocycles. The fourth-order valence-electron chi connectivity index (χ4n) is 4.18. The van der Waals surface area contributed by atoms with Gasteiger partial charge in [0.2, 0.25) is 5.91 Å². The molecular weight excluding hydrogens is 424 g/mol. The Morgan fingerprint density at radius 2 is 1.79 bits per heavy atom. The third-order valence-electron chi connectivity index (χ3n) is 6.07. The number of nitrogens with zero attached hydrogens (tertiary/aromatic N) is 4. The average molecular weight is 450 g/mol. The van der Waals surface area contributed by atoms with Crippen molar-refractivity contribution in [3.63, 3.8) is 0 Å². The first-order valence-corrected chi connectivity index (χ1v) is 10.9. The number of piperidine rings is 1. The standard InChI is InChI=1S/C24H26N4O5/c1-15-9-11-26(12-10-15)19(29)14-27-22(30)20-18(23(31)33-3)13-16(2)25-21(20)28(24(27)32)17-7-5-4-6-8-17/h4-8,13,15H,9-12,14H2,1-3H3. The number of methoxy groups -OCH3 is 1. The zero-order chi connectivity index (χ0) is 23.7. The van der Waals surface area contributed by atoms with Crippen LogP contribution in [0, 0.1) is 12.8 Å². The van der Waals surface area contributed by atoms with E-state index >= 15 is 0 Å². The number of hydrogen-bond acceptors (Lipinski definition) is 6. The van der Waals surface area contributed by atoms with Crippen LogP contribution in [-0.2, 0) is 16.1 Å². The molecule has 1 fully saturated rings. The second kappa shape index (κ2) is 9.01. The number of para-hydroxylation sites is 1. The van der Waals surface area contributed by atoms with Gasteiger partial charge in [0.25, 0.3) is 5.56 Å². The Morgan fingerprint density at radius 3 is 2.42 bits per heavy atom. The summed E-state index contributed by atoms with van der Waals surface area (Å²) < 4.78 is 7.03. The zero-order valence-corrected chi connectivity index (χ0v) is 18.9. The Hall–Kier alpha value is -3.75. The van der Waals surface area contributed by atoms with Crippen LogP contribution in [0.2, 0.25) is 0 Å². The number of aryl methyl sites for hydroxylation is 1. The first-order chi connectivity index (χ1) is 15.8. The van der Waals surface area contributed by atoms with E-state index in [1.54, 1.807) is 42.2 Å². The van der Waals surface area contributed by atoms with Gasteiger partial charge < -0.3 is 9.64 Å². The van der Waals surface area contributed by atoms with Crippen molar-refractivity contribution in [2.24, 2.45) is 5.92 Å². The molecule has 0 radical (unpaired) electrons. The van der Waals surface area contributed by atoms with E-state index in [0.717, 1.165) is 17.4 Å². The fraction of sp³-hybridized carbons (Fsp3) is 0.375. The normalized spacial score (nSPS) is 14.5. The monoisotopic (exact) mass is 450 g/mol. The maximum atomic E-state index is 13.5. The lowest BCUT2D eigenvalue weighted by atomic mass is 9.99. The fourth-order valence-corrected chi connectivity index (χ4v) is 4.18. The predicted octanol–water partition coefficient (Wildman–Crippen LogP) is 1.90. The average Bonchev–Trinajstić information content (AvgIpc) is 2.81. The summed E-state index contributed by atoms with van der Waals surface area (Å²) in [5, 5.41) is -0.0593. The second-order valence-corrected chi connectivity index (χ2v) is 8.41. The Labute approximate surface area is 190 Å². The number of esters is 1. The van der Waals surface area contributed by atoms with E-state index in [4.69, 9.17) is 4.74 Å². The Morgan fingerprint density at radius 1 is 1.12 bits per heavy atom. The molecule has 9 nitrogen and oxygen atoms in total. The maximum absolute atomic E-state index is 13.5. The highest BCUT2D eigenvalue weighted by Crippen LogP contribution is 2.19. The molecule has 0 spiro atoms. The maximum Gasteiger partial charge on any atom is 0.338 e. The third-order valence-corrected chi connectivity index (χ3v) is 6.07. The molecule has 2 aromatic heterocycles. The Kier molecular flexibility index (Phi) is 6.13. The minimum Gasteiger partial charge on any atom is -0.465 e. The van der Waals surface area contributed by atoms with Crippen molar-refractivity contribution in [1.29, 1.82) is 0 Å². The van der Waals surface area contributed by atoms with Crippen molar-refractivity contribution in [1.82, 2.24) is 19.0 Å². The summed E-state index contributed by atoms with van der Waals surface area (Å²) in [4.78, 5) is 58.6. The first-order valence-electron chi connectivity index (χ1n) is 10.9. The second-order valence-electron chi connectivity index (χ2n) is 8.41. The molecule has 1 aliphatic heterocycles. The van der Waals surface area contributed by atoms with E-state index in [0.29, 0.717) is 30.4 Å². The number of carbonyl (C=O) groups is 2.